The van der Waals surface area contributed by atoms with E-state index >= 15 is 0 Å². The number of ether oxygens (including phenoxy) is 1. The van der Waals surface area contributed by atoms with Gasteiger partial charge in [0, 0.05) is 5.56 Å². The minimum atomic E-state index is 0.0363. The second kappa shape index (κ2) is 7.99. The third-order valence-electron chi connectivity index (χ3n) is 3.46. The van der Waals surface area contributed by atoms with Crippen LogP contribution in [0.4, 0.5) is 11.8 Å². The highest BCUT2D eigenvalue weighted by Crippen LogP contribution is 2.32. The number of benzene rings is 1. The number of nitrogens with zero attached hydrogens (tertiary/aromatic N) is 3. The van der Waals surface area contributed by atoms with Crippen LogP contribution in [0.15, 0.2) is 24.3 Å². The quantitative estimate of drug-likeness (QED) is 0.760. The summed E-state index contributed by atoms with van der Waals surface area (Å²) >= 11 is 0. The van der Waals surface area contributed by atoms with Crippen LogP contribution in [0.2, 0.25) is 0 Å². The zero-order chi connectivity index (χ0) is 16.7. The summed E-state index contributed by atoms with van der Waals surface area (Å²) in [4.78, 5) is 8.01. The number of nitrogen functional groups attached to an aromatic ring is 2. The van der Waals surface area contributed by atoms with Crippen molar-refractivity contribution in [3.05, 3.63) is 29.8 Å². The summed E-state index contributed by atoms with van der Waals surface area (Å²) in [6.07, 6.45) is 4.50. The molecule has 0 aliphatic carbocycles. The Kier molecular flexibility index (Phi) is 5.75. The standard InChI is InChI=1S/C17H21N5O/c1-2-3-4-7-10-23-14-9-6-5-8-12(14)15-13(11-18)16(19)22-17(20)21-15/h5-6,8-9H,2-4,7,10H2,1H3,(H4,19,20,21,22). The fraction of sp³-hybridized carbons (Fsp3) is 0.353. The maximum atomic E-state index is 9.32. The van der Waals surface area contributed by atoms with Gasteiger partial charge in [-0.25, -0.2) is 4.98 Å². The van der Waals surface area contributed by atoms with E-state index in [1.54, 1.807) is 0 Å². The van der Waals surface area contributed by atoms with Gasteiger partial charge in [0.2, 0.25) is 5.95 Å². The average molecular weight is 311 g/mol. The molecule has 0 saturated carbocycles. The predicted octanol–water partition coefficient (Wildman–Crippen LogP) is 3.14. The average Bonchev–Trinajstić information content (AvgIpc) is 2.54. The van der Waals surface area contributed by atoms with E-state index < -0.39 is 0 Å². The van der Waals surface area contributed by atoms with Crippen molar-refractivity contribution >= 4 is 11.8 Å². The summed E-state index contributed by atoms with van der Waals surface area (Å²) in [5.41, 5.74) is 12.8. The Morgan fingerprint density at radius 2 is 1.91 bits per heavy atom. The molecule has 4 N–H and O–H groups in total. The first-order valence-electron chi connectivity index (χ1n) is 7.72. The first-order chi connectivity index (χ1) is 11.2. The number of unbranched alkanes of at least 4 members (excludes halogenated alkanes) is 3. The van der Waals surface area contributed by atoms with E-state index in [1.165, 1.54) is 12.8 Å². The third kappa shape index (κ3) is 4.10. The molecular weight excluding hydrogens is 290 g/mol. The molecule has 0 unspecified atom stereocenters. The summed E-state index contributed by atoms with van der Waals surface area (Å²) in [5.74, 6) is 0.778. The normalized spacial score (nSPS) is 10.3. The second-order valence-corrected chi connectivity index (χ2v) is 5.21. The fourth-order valence-electron chi connectivity index (χ4n) is 2.30. The molecule has 2 rings (SSSR count). The first kappa shape index (κ1) is 16.6. The number of para-hydroxylation sites is 1. The van der Waals surface area contributed by atoms with Crippen molar-refractivity contribution in [2.45, 2.75) is 32.6 Å². The van der Waals surface area contributed by atoms with Crippen molar-refractivity contribution < 1.29 is 4.74 Å². The van der Waals surface area contributed by atoms with Crippen LogP contribution in [-0.2, 0) is 0 Å². The number of rotatable bonds is 7. The molecule has 0 radical (unpaired) electrons. The summed E-state index contributed by atoms with van der Waals surface area (Å²) in [5, 5.41) is 9.32. The molecule has 1 aromatic heterocycles. The molecule has 0 bridgehead atoms. The molecule has 0 saturated heterocycles. The molecule has 0 aliphatic rings. The largest absolute Gasteiger partial charge is 0.493 e. The SMILES string of the molecule is CCCCCCOc1ccccc1-c1nc(N)nc(N)c1C#N. The first-order valence-corrected chi connectivity index (χ1v) is 7.72. The summed E-state index contributed by atoms with van der Waals surface area (Å²) < 4.78 is 5.87. The van der Waals surface area contributed by atoms with E-state index in [1.807, 2.05) is 30.3 Å². The van der Waals surface area contributed by atoms with Gasteiger partial charge in [-0.05, 0) is 18.6 Å². The molecule has 1 heterocycles. The Hall–Kier alpha value is -2.81. The van der Waals surface area contributed by atoms with Crippen molar-refractivity contribution in [1.82, 2.24) is 9.97 Å². The van der Waals surface area contributed by atoms with E-state index in [9.17, 15) is 5.26 Å². The Balaban J connectivity index is 2.29. The summed E-state index contributed by atoms with van der Waals surface area (Å²) in [6.45, 7) is 2.79. The van der Waals surface area contributed by atoms with Gasteiger partial charge >= 0.3 is 0 Å². The van der Waals surface area contributed by atoms with Gasteiger partial charge in [0.05, 0.1) is 12.3 Å². The van der Waals surface area contributed by atoms with E-state index in [-0.39, 0.29) is 17.3 Å². The lowest BCUT2D eigenvalue weighted by molar-refractivity contribution is 0.306. The van der Waals surface area contributed by atoms with E-state index in [4.69, 9.17) is 16.2 Å². The predicted molar refractivity (Wildman–Crippen MR) is 90.6 cm³/mol. The van der Waals surface area contributed by atoms with E-state index in [0.29, 0.717) is 23.6 Å². The van der Waals surface area contributed by atoms with Gasteiger partial charge in [0.25, 0.3) is 0 Å². The minimum absolute atomic E-state index is 0.0363. The molecule has 0 atom stereocenters. The van der Waals surface area contributed by atoms with Crippen LogP contribution in [0.5, 0.6) is 5.75 Å². The molecule has 0 fully saturated rings. The van der Waals surface area contributed by atoms with Gasteiger partial charge in [-0.2, -0.15) is 10.2 Å². The van der Waals surface area contributed by atoms with E-state index in [0.717, 1.165) is 12.8 Å². The lowest BCUT2D eigenvalue weighted by Gasteiger charge is -2.13. The molecular formula is C17H21N5O. The van der Waals surface area contributed by atoms with Crippen molar-refractivity contribution in [3.8, 4) is 23.1 Å². The molecule has 0 aliphatic heterocycles. The highest BCUT2D eigenvalue weighted by Gasteiger charge is 2.16. The Labute approximate surface area is 136 Å². The van der Waals surface area contributed by atoms with Crippen LogP contribution >= 0.6 is 0 Å². The van der Waals surface area contributed by atoms with Crippen LogP contribution in [0, 0.1) is 11.3 Å². The van der Waals surface area contributed by atoms with Gasteiger partial charge in [-0.3, -0.25) is 0 Å². The van der Waals surface area contributed by atoms with Gasteiger partial charge in [0.1, 0.15) is 23.2 Å². The van der Waals surface area contributed by atoms with Crippen molar-refractivity contribution in [3.63, 3.8) is 0 Å². The Bertz CT molecular complexity index is 709. The minimum Gasteiger partial charge on any atom is -0.493 e. The molecule has 6 heteroatoms. The van der Waals surface area contributed by atoms with Crippen LogP contribution < -0.4 is 16.2 Å². The number of aromatic nitrogens is 2. The van der Waals surface area contributed by atoms with E-state index in [2.05, 4.69) is 16.9 Å². The van der Waals surface area contributed by atoms with Crippen molar-refractivity contribution in [2.75, 3.05) is 18.1 Å². The lowest BCUT2D eigenvalue weighted by Crippen LogP contribution is -2.06. The van der Waals surface area contributed by atoms with Crippen LogP contribution in [0.1, 0.15) is 38.2 Å². The maximum Gasteiger partial charge on any atom is 0.222 e. The maximum absolute atomic E-state index is 9.32. The molecule has 2 aromatic rings. The number of nitrogens with two attached hydrogens (primary N) is 2. The van der Waals surface area contributed by atoms with Crippen LogP contribution in [0.3, 0.4) is 0 Å². The highest BCUT2D eigenvalue weighted by molar-refractivity contribution is 5.77. The van der Waals surface area contributed by atoms with Crippen LogP contribution in [0.25, 0.3) is 11.3 Å². The fourth-order valence-corrected chi connectivity index (χ4v) is 2.30. The Morgan fingerprint density at radius 1 is 1.13 bits per heavy atom. The Morgan fingerprint density at radius 3 is 2.65 bits per heavy atom. The molecule has 6 nitrogen and oxygen atoms in total. The smallest absolute Gasteiger partial charge is 0.222 e. The molecule has 0 spiro atoms. The van der Waals surface area contributed by atoms with Crippen LogP contribution in [-0.4, -0.2) is 16.6 Å². The second-order valence-electron chi connectivity index (χ2n) is 5.21. The molecule has 1 aromatic carbocycles. The van der Waals surface area contributed by atoms with Gasteiger partial charge in [-0.15, -0.1) is 0 Å². The number of hydrogen-bond donors (Lipinski definition) is 2. The van der Waals surface area contributed by atoms with Gasteiger partial charge < -0.3 is 16.2 Å². The highest BCUT2D eigenvalue weighted by atomic mass is 16.5. The van der Waals surface area contributed by atoms with Crippen molar-refractivity contribution in [2.24, 2.45) is 0 Å². The van der Waals surface area contributed by atoms with Gasteiger partial charge in [0.15, 0.2) is 0 Å². The van der Waals surface area contributed by atoms with Crippen molar-refractivity contribution in [1.29, 1.82) is 5.26 Å². The number of hydrogen-bond acceptors (Lipinski definition) is 6. The lowest BCUT2D eigenvalue weighted by atomic mass is 10.1. The zero-order valence-corrected chi connectivity index (χ0v) is 13.2. The third-order valence-corrected chi connectivity index (χ3v) is 3.46. The monoisotopic (exact) mass is 311 g/mol. The summed E-state index contributed by atoms with van der Waals surface area (Å²) in [7, 11) is 0. The molecule has 120 valence electrons. The topological polar surface area (TPSA) is 111 Å². The summed E-state index contributed by atoms with van der Waals surface area (Å²) in [6, 6.07) is 9.46. The number of nitriles is 1. The van der Waals surface area contributed by atoms with Gasteiger partial charge in [-0.1, -0.05) is 38.3 Å². The molecule has 23 heavy (non-hydrogen) atoms. The number of anilines is 2. The zero-order valence-electron chi connectivity index (χ0n) is 13.2. The molecule has 0 amide bonds.